The van der Waals surface area contributed by atoms with E-state index in [0.717, 1.165) is 25.9 Å². The molecule has 1 fully saturated rings. The van der Waals surface area contributed by atoms with Crippen LogP contribution in [0.3, 0.4) is 0 Å². The van der Waals surface area contributed by atoms with Gasteiger partial charge in [-0.3, -0.25) is 0 Å². The Hall–Kier alpha value is -1.50. The summed E-state index contributed by atoms with van der Waals surface area (Å²) in [6.07, 6.45) is 1.13. The first-order valence-corrected chi connectivity index (χ1v) is 8.20. The summed E-state index contributed by atoms with van der Waals surface area (Å²) < 4.78 is 5.43. The Bertz CT molecular complexity index is 490. The molecule has 0 saturated carbocycles. The largest absolute Gasteiger partial charge is 0.491 e. The third-order valence-corrected chi connectivity index (χ3v) is 4.06. The van der Waals surface area contributed by atoms with Gasteiger partial charge in [0.1, 0.15) is 18.5 Å². The molecule has 1 aromatic carbocycles. The Labute approximate surface area is 141 Å². The number of aliphatic hydroxyl groups excluding tert-OH is 1. The van der Waals surface area contributed by atoms with E-state index in [9.17, 15) is 9.90 Å². The van der Waals surface area contributed by atoms with Crippen molar-refractivity contribution < 1.29 is 14.6 Å². The monoisotopic (exact) mass is 341 g/mol. The molecule has 1 aromatic rings. The smallest absolute Gasteiger partial charge is 0.315 e. The van der Waals surface area contributed by atoms with Crippen molar-refractivity contribution >= 4 is 17.6 Å². The molecule has 1 atom stereocenters. The van der Waals surface area contributed by atoms with Crippen molar-refractivity contribution in [1.29, 1.82) is 0 Å². The van der Waals surface area contributed by atoms with Gasteiger partial charge in [0, 0.05) is 17.6 Å². The van der Waals surface area contributed by atoms with Crippen LogP contribution in [-0.2, 0) is 0 Å². The van der Waals surface area contributed by atoms with Crippen molar-refractivity contribution in [3.63, 3.8) is 0 Å². The molecule has 1 saturated heterocycles. The minimum absolute atomic E-state index is 0.107. The van der Waals surface area contributed by atoms with Gasteiger partial charge in [0.2, 0.25) is 0 Å². The van der Waals surface area contributed by atoms with Crippen LogP contribution in [-0.4, -0.2) is 61.5 Å². The van der Waals surface area contributed by atoms with Crippen molar-refractivity contribution in [1.82, 2.24) is 15.5 Å². The maximum atomic E-state index is 11.8. The third kappa shape index (κ3) is 6.64. The zero-order valence-electron chi connectivity index (χ0n) is 13.3. The number of aliphatic hydroxyl groups is 1. The summed E-state index contributed by atoms with van der Waals surface area (Å²) in [7, 11) is 2.08. The van der Waals surface area contributed by atoms with Crippen LogP contribution in [0.1, 0.15) is 12.8 Å². The fourth-order valence-corrected chi connectivity index (χ4v) is 2.51. The Morgan fingerprint density at radius 3 is 2.70 bits per heavy atom. The standard InChI is InChI=1S/C16H24ClN3O3/c1-20-8-6-13(7-9-20)19-16(22)18-10-14(21)11-23-15-4-2-12(17)3-5-15/h2-5,13-14,21H,6-11H2,1H3,(H2,18,19,22)/t14-/m1/s1. The number of hydrogen-bond donors (Lipinski definition) is 3. The fourth-order valence-electron chi connectivity index (χ4n) is 2.38. The Morgan fingerprint density at radius 2 is 2.04 bits per heavy atom. The summed E-state index contributed by atoms with van der Waals surface area (Å²) >= 11 is 5.78. The predicted molar refractivity (Wildman–Crippen MR) is 90.0 cm³/mol. The molecule has 2 rings (SSSR count). The maximum Gasteiger partial charge on any atom is 0.315 e. The van der Waals surface area contributed by atoms with Gasteiger partial charge in [0.05, 0.1) is 0 Å². The number of benzene rings is 1. The van der Waals surface area contributed by atoms with Gasteiger partial charge in [-0.25, -0.2) is 4.79 Å². The lowest BCUT2D eigenvalue weighted by Crippen LogP contribution is -2.48. The number of nitrogens with one attached hydrogen (secondary N) is 2. The van der Waals surface area contributed by atoms with Crippen molar-refractivity contribution in [2.24, 2.45) is 0 Å². The molecule has 0 bridgehead atoms. The van der Waals surface area contributed by atoms with E-state index in [4.69, 9.17) is 16.3 Å². The highest BCUT2D eigenvalue weighted by Crippen LogP contribution is 2.15. The third-order valence-electron chi connectivity index (χ3n) is 3.81. The normalized spacial score (nSPS) is 17.5. The van der Waals surface area contributed by atoms with Crippen LogP contribution in [0, 0.1) is 0 Å². The summed E-state index contributed by atoms with van der Waals surface area (Å²) in [5.74, 6) is 0.629. The van der Waals surface area contributed by atoms with Crippen LogP contribution < -0.4 is 15.4 Å². The van der Waals surface area contributed by atoms with E-state index >= 15 is 0 Å². The lowest BCUT2D eigenvalue weighted by molar-refractivity contribution is 0.107. The molecule has 6 nitrogen and oxygen atoms in total. The number of hydrogen-bond acceptors (Lipinski definition) is 4. The topological polar surface area (TPSA) is 73.8 Å². The maximum absolute atomic E-state index is 11.8. The molecule has 3 N–H and O–H groups in total. The molecular formula is C16H24ClN3O3. The van der Waals surface area contributed by atoms with Gasteiger partial charge < -0.3 is 25.4 Å². The molecule has 23 heavy (non-hydrogen) atoms. The number of piperidine rings is 1. The van der Waals surface area contributed by atoms with Crippen molar-refractivity contribution in [2.75, 3.05) is 33.3 Å². The molecule has 0 spiro atoms. The zero-order chi connectivity index (χ0) is 16.7. The van der Waals surface area contributed by atoms with Crippen LogP contribution in [0.15, 0.2) is 24.3 Å². The van der Waals surface area contributed by atoms with Crippen molar-refractivity contribution in [3.8, 4) is 5.75 Å². The second-order valence-electron chi connectivity index (χ2n) is 5.85. The number of carbonyl (C=O) groups is 1. The molecule has 0 unspecified atom stereocenters. The average molecular weight is 342 g/mol. The molecule has 0 aromatic heterocycles. The summed E-state index contributed by atoms with van der Waals surface area (Å²) in [6.45, 7) is 2.23. The highest BCUT2D eigenvalue weighted by atomic mass is 35.5. The lowest BCUT2D eigenvalue weighted by Gasteiger charge is -2.29. The Balaban J connectivity index is 1.60. The predicted octanol–water partition coefficient (Wildman–Crippen LogP) is 1.47. The number of ether oxygens (including phenoxy) is 1. The minimum Gasteiger partial charge on any atom is -0.491 e. The van der Waals surface area contributed by atoms with Gasteiger partial charge in [0.15, 0.2) is 0 Å². The second-order valence-corrected chi connectivity index (χ2v) is 6.29. The Morgan fingerprint density at radius 1 is 1.39 bits per heavy atom. The Kier molecular flexibility index (Phi) is 6.95. The number of rotatable bonds is 6. The number of carbonyl (C=O) groups excluding carboxylic acids is 1. The second kappa shape index (κ2) is 8.96. The van der Waals surface area contributed by atoms with Crippen LogP contribution in [0.25, 0.3) is 0 Å². The molecule has 1 aliphatic heterocycles. The highest BCUT2D eigenvalue weighted by molar-refractivity contribution is 6.30. The molecular weight excluding hydrogens is 318 g/mol. The van der Waals surface area contributed by atoms with E-state index in [-0.39, 0.29) is 25.2 Å². The molecule has 0 radical (unpaired) electrons. The number of urea groups is 1. The molecule has 128 valence electrons. The highest BCUT2D eigenvalue weighted by Gasteiger charge is 2.18. The number of likely N-dealkylation sites (tertiary alicyclic amines) is 1. The average Bonchev–Trinajstić information content (AvgIpc) is 2.54. The van der Waals surface area contributed by atoms with Gasteiger partial charge in [-0.05, 0) is 57.2 Å². The van der Waals surface area contributed by atoms with Crippen LogP contribution in [0.2, 0.25) is 5.02 Å². The summed E-state index contributed by atoms with van der Waals surface area (Å²) in [4.78, 5) is 14.1. The van der Waals surface area contributed by atoms with Crippen LogP contribution >= 0.6 is 11.6 Å². The first-order valence-electron chi connectivity index (χ1n) is 7.82. The van der Waals surface area contributed by atoms with Gasteiger partial charge in [-0.2, -0.15) is 0 Å². The lowest BCUT2D eigenvalue weighted by atomic mass is 10.1. The summed E-state index contributed by atoms with van der Waals surface area (Å²) in [6, 6.07) is 6.86. The van der Waals surface area contributed by atoms with Crippen LogP contribution in [0.5, 0.6) is 5.75 Å². The van der Waals surface area contributed by atoms with E-state index in [0.29, 0.717) is 10.8 Å². The van der Waals surface area contributed by atoms with E-state index < -0.39 is 6.10 Å². The molecule has 1 heterocycles. The van der Waals surface area contributed by atoms with Gasteiger partial charge in [-0.15, -0.1) is 0 Å². The first-order chi connectivity index (χ1) is 11.0. The minimum atomic E-state index is -0.770. The fraction of sp³-hybridized carbons (Fsp3) is 0.562. The van der Waals surface area contributed by atoms with E-state index in [1.165, 1.54) is 0 Å². The number of nitrogens with zero attached hydrogens (tertiary/aromatic N) is 1. The van der Waals surface area contributed by atoms with E-state index in [1.807, 2.05) is 0 Å². The molecule has 1 aliphatic rings. The first kappa shape index (κ1) is 17.8. The van der Waals surface area contributed by atoms with Crippen LogP contribution in [0.4, 0.5) is 4.79 Å². The summed E-state index contributed by atoms with van der Waals surface area (Å²) in [5, 5.41) is 16.1. The zero-order valence-corrected chi connectivity index (χ0v) is 14.1. The summed E-state index contributed by atoms with van der Waals surface area (Å²) in [5.41, 5.74) is 0. The van der Waals surface area contributed by atoms with Crippen molar-refractivity contribution in [3.05, 3.63) is 29.3 Å². The number of halogens is 1. The van der Waals surface area contributed by atoms with Gasteiger partial charge in [0.25, 0.3) is 0 Å². The van der Waals surface area contributed by atoms with E-state index in [1.54, 1.807) is 24.3 Å². The van der Waals surface area contributed by atoms with Gasteiger partial charge >= 0.3 is 6.03 Å². The molecule has 7 heteroatoms. The van der Waals surface area contributed by atoms with E-state index in [2.05, 4.69) is 22.6 Å². The van der Waals surface area contributed by atoms with Gasteiger partial charge in [-0.1, -0.05) is 11.6 Å². The molecule has 0 aliphatic carbocycles. The molecule has 2 amide bonds. The number of amides is 2. The quantitative estimate of drug-likeness (QED) is 0.732. The van der Waals surface area contributed by atoms with Crippen molar-refractivity contribution in [2.45, 2.75) is 25.0 Å². The SMILES string of the molecule is CN1CCC(NC(=O)NC[C@@H](O)COc2ccc(Cl)cc2)CC1.